The molecule has 0 aromatic heterocycles. The molecule has 0 saturated carbocycles. The first-order chi connectivity index (χ1) is 8.63. The van der Waals surface area contributed by atoms with Crippen LogP contribution >= 0.6 is 0 Å². The summed E-state index contributed by atoms with van der Waals surface area (Å²) < 4.78 is 5.67. The molecule has 1 rings (SSSR count). The lowest BCUT2D eigenvalue weighted by molar-refractivity contribution is 0.242. The van der Waals surface area contributed by atoms with Crippen molar-refractivity contribution < 1.29 is 4.74 Å². The zero-order chi connectivity index (χ0) is 13.4. The van der Waals surface area contributed by atoms with Crippen molar-refractivity contribution >= 4 is 5.69 Å². The third-order valence-electron chi connectivity index (χ3n) is 3.18. The van der Waals surface area contributed by atoms with Gasteiger partial charge in [0, 0.05) is 13.1 Å². The Labute approximate surface area is 111 Å². The van der Waals surface area contributed by atoms with Crippen LogP contribution in [0, 0.1) is 5.92 Å². The van der Waals surface area contributed by atoms with Crippen LogP contribution in [-0.2, 0) is 0 Å². The van der Waals surface area contributed by atoms with Gasteiger partial charge in [-0.25, -0.2) is 0 Å². The molecule has 3 heteroatoms. The third-order valence-corrected chi connectivity index (χ3v) is 3.18. The van der Waals surface area contributed by atoms with Crippen molar-refractivity contribution in [2.45, 2.75) is 26.7 Å². The van der Waals surface area contributed by atoms with E-state index in [1.54, 1.807) is 0 Å². The van der Waals surface area contributed by atoms with Crippen molar-refractivity contribution in [3.05, 3.63) is 24.3 Å². The van der Waals surface area contributed by atoms with E-state index in [9.17, 15) is 0 Å². The van der Waals surface area contributed by atoms with Gasteiger partial charge in [-0.1, -0.05) is 32.4 Å². The highest BCUT2D eigenvalue weighted by Gasteiger charge is 2.04. The van der Waals surface area contributed by atoms with Gasteiger partial charge in [0.1, 0.15) is 5.75 Å². The van der Waals surface area contributed by atoms with E-state index in [-0.39, 0.29) is 0 Å². The molecule has 2 N–H and O–H groups in total. The zero-order valence-electron chi connectivity index (χ0n) is 11.9. The maximum absolute atomic E-state index is 5.81. The van der Waals surface area contributed by atoms with Gasteiger partial charge in [-0.05, 0) is 31.5 Å². The van der Waals surface area contributed by atoms with E-state index in [2.05, 4.69) is 25.8 Å². The Morgan fingerprint density at radius 2 is 2.06 bits per heavy atom. The molecule has 0 bridgehead atoms. The summed E-state index contributed by atoms with van der Waals surface area (Å²) in [4.78, 5) is 2.37. The standard InChI is InChI=1S/C15H26N2O/c1-4-13(2)12-17(3)10-7-11-18-15-9-6-5-8-14(15)16/h5-6,8-9,13H,4,7,10-12,16H2,1-3H3. The van der Waals surface area contributed by atoms with Gasteiger partial charge in [0.15, 0.2) is 0 Å². The number of nitrogen functional groups attached to an aromatic ring is 1. The fourth-order valence-electron chi connectivity index (χ4n) is 1.88. The summed E-state index contributed by atoms with van der Waals surface area (Å²) in [6, 6.07) is 7.64. The summed E-state index contributed by atoms with van der Waals surface area (Å²) in [5.74, 6) is 1.56. The number of nitrogens with zero attached hydrogens (tertiary/aromatic N) is 1. The molecule has 0 spiro atoms. The lowest BCUT2D eigenvalue weighted by Crippen LogP contribution is -2.26. The van der Waals surface area contributed by atoms with Gasteiger partial charge in [-0.3, -0.25) is 0 Å². The zero-order valence-corrected chi connectivity index (χ0v) is 11.9. The molecule has 0 aliphatic rings. The highest BCUT2D eigenvalue weighted by atomic mass is 16.5. The fourth-order valence-corrected chi connectivity index (χ4v) is 1.88. The van der Waals surface area contributed by atoms with Crippen LogP contribution in [0.4, 0.5) is 5.69 Å². The lowest BCUT2D eigenvalue weighted by atomic mass is 10.1. The van der Waals surface area contributed by atoms with Gasteiger partial charge in [0.2, 0.25) is 0 Å². The third kappa shape index (κ3) is 5.41. The van der Waals surface area contributed by atoms with Crippen LogP contribution in [0.3, 0.4) is 0 Å². The molecule has 18 heavy (non-hydrogen) atoms. The molecule has 1 aromatic rings. The number of anilines is 1. The first-order valence-electron chi connectivity index (χ1n) is 6.79. The Morgan fingerprint density at radius 1 is 1.33 bits per heavy atom. The van der Waals surface area contributed by atoms with Crippen LogP contribution in [-0.4, -0.2) is 31.6 Å². The van der Waals surface area contributed by atoms with Crippen molar-refractivity contribution in [1.82, 2.24) is 4.90 Å². The number of hydrogen-bond acceptors (Lipinski definition) is 3. The summed E-state index contributed by atoms with van der Waals surface area (Å²) in [5.41, 5.74) is 6.52. The molecule has 1 aromatic carbocycles. The summed E-state index contributed by atoms with van der Waals surface area (Å²) in [6.07, 6.45) is 2.27. The van der Waals surface area contributed by atoms with E-state index in [1.807, 2.05) is 24.3 Å². The second-order valence-electron chi connectivity index (χ2n) is 5.02. The predicted octanol–water partition coefficient (Wildman–Crippen LogP) is 3.02. The van der Waals surface area contributed by atoms with Crippen molar-refractivity contribution in [1.29, 1.82) is 0 Å². The van der Waals surface area contributed by atoms with Gasteiger partial charge < -0.3 is 15.4 Å². The largest absolute Gasteiger partial charge is 0.491 e. The van der Waals surface area contributed by atoms with Gasteiger partial charge in [-0.15, -0.1) is 0 Å². The normalized spacial score (nSPS) is 12.7. The van der Waals surface area contributed by atoms with Crippen LogP contribution in [0.1, 0.15) is 26.7 Å². The second kappa shape index (κ2) is 7.98. The molecule has 0 fully saturated rings. The molecular formula is C15H26N2O. The number of nitrogens with two attached hydrogens (primary N) is 1. The Morgan fingerprint density at radius 3 is 2.72 bits per heavy atom. The minimum absolute atomic E-state index is 0.713. The van der Waals surface area contributed by atoms with Crippen LogP contribution < -0.4 is 10.5 Å². The minimum atomic E-state index is 0.713. The summed E-state index contributed by atoms with van der Waals surface area (Å²) >= 11 is 0. The molecule has 0 saturated heterocycles. The van der Waals surface area contributed by atoms with Crippen molar-refractivity contribution in [2.24, 2.45) is 5.92 Å². The topological polar surface area (TPSA) is 38.5 Å². The van der Waals surface area contributed by atoms with Crippen LogP contribution in [0.25, 0.3) is 0 Å². The first-order valence-corrected chi connectivity index (χ1v) is 6.79. The van der Waals surface area contributed by atoms with Crippen molar-refractivity contribution in [3.63, 3.8) is 0 Å². The molecule has 1 atom stereocenters. The number of para-hydroxylation sites is 2. The number of hydrogen-bond donors (Lipinski definition) is 1. The van der Waals surface area contributed by atoms with E-state index in [4.69, 9.17) is 10.5 Å². The van der Waals surface area contributed by atoms with E-state index >= 15 is 0 Å². The van der Waals surface area contributed by atoms with Gasteiger partial charge in [0.05, 0.1) is 12.3 Å². The number of benzene rings is 1. The Kier molecular flexibility index (Phi) is 6.58. The maximum atomic E-state index is 5.81. The first kappa shape index (κ1) is 14.8. The Hall–Kier alpha value is -1.22. The minimum Gasteiger partial charge on any atom is -0.491 e. The molecule has 3 nitrogen and oxygen atoms in total. The quantitative estimate of drug-likeness (QED) is 0.569. The molecular weight excluding hydrogens is 224 g/mol. The smallest absolute Gasteiger partial charge is 0.142 e. The Balaban J connectivity index is 2.17. The van der Waals surface area contributed by atoms with Gasteiger partial charge in [0.25, 0.3) is 0 Å². The molecule has 0 aliphatic carbocycles. The molecule has 0 amide bonds. The predicted molar refractivity (Wildman–Crippen MR) is 77.9 cm³/mol. The van der Waals surface area contributed by atoms with Crippen molar-refractivity contribution in [2.75, 3.05) is 32.5 Å². The maximum Gasteiger partial charge on any atom is 0.142 e. The highest BCUT2D eigenvalue weighted by Crippen LogP contribution is 2.19. The van der Waals surface area contributed by atoms with Crippen LogP contribution in [0.15, 0.2) is 24.3 Å². The SMILES string of the molecule is CCC(C)CN(C)CCCOc1ccccc1N. The van der Waals surface area contributed by atoms with E-state index in [0.29, 0.717) is 5.69 Å². The summed E-state index contributed by atoms with van der Waals surface area (Å²) in [6.45, 7) is 7.47. The molecule has 0 heterocycles. The van der Waals surface area contributed by atoms with E-state index in [0.717, 1.165) is 37.8 Å². The second-order valence-corrected chi connectivity index (χ2v) is 5.02. The fraction of sp³-hybridized carbons (Fsp3) is 0.600. The highest BCUT2D eigenvalue weighted by molar-refractivity contribution is 5.51. The monoisotopic (exact) mass is 250 g/mol. The molecule has 1 unspecified atom stereocenters. The van der Waals surface area contributed by atoms with E-state index in [1.165, 1.54) is 6.42 Å². The van der Waals surface area contributed by atoms with E-state index < -0.39 is 0 Å². The van der Waals surface area contributed by atoms with Gasteiger partial charge in [-0.2, -0.15) is 0 Å². The average molecular weight is 250 g/mol. The molecule has 102 valence electrons. The van der Waals surface area contributed by atoms with Crippen LogP contribution in [0.2, 0.25) is 0 Å². The van der Waals surface area contributed by atoms with Gasteiger partial charge >= 0.3 is 0 Å². The van der Waals surface area contributed by atoms with Crippen molar-refractivity contribution in [3.8, 4) is 5.75 Å². The summed E-state index contributed by atoms with van der Waals surface area (Å²) in [7, 11) is 2.17. The Bertz CT molecular complexity index is 341. The number of rotatable bonds is 8. The van der Waals surface area contributed by atoms with Crippen LogP contribution in [0.5, 0.6) is 5.75 Å². The molecule has 0 aliphatic heterocycles. The summed E-state index contributed by atoms with van der Waals surface area (Å²) in [5, 5.41) is 0. The number of ether oxygens (including phenoxy) is 1. The molecule has 0 radical (unpaired) electrons. The average Bonchev–Trinajstić information content (AvgIpc) is 2.36. The lowest BCUT2D eigenvalue weighted by Gasteiger charge is -2.20.